The van der Waals surface area contributed by atoms with E-state index in [2.05, 4.69) is 29.1 Å². The molecule has 2 aliphatic heterocycles. The Morgan fingerprint density at radius 2 is 1.24 bits per heavy atom. The van der Waals surface area contributed by atoms with Gasteiger partial charge in [0.1, 0.15) is 29.8 Å². The number of hydrogen-bond donors (Lipinski definition) is 4. The monoisotopic (exact) mass is 1080 g/mol. The highest BCUT2D eigenvalue weighted by Gasteiger charge is 2.54. The van der Waals surface area contributed by atoms with Crippen LogP contribution >= 0.6 is 0 Å². The number of H-pyrrole nitrogens is 2. The number of rotatable bonds is 15. The van der Waals surface area contributed by atoms with Crippen LogP contribution in [0.3, 0.4) is 0 Å². The maximum Gasteiger partial charge on any atom is 0.303 e. The van der Waals surface area contributed by atoms with Crippen LogP contribution in [0.2, 0.25) is 5.04 Å². The fraction of sp³-hybridized carbons (Fsp3) is 0.279. The topological polar surface area (TPSA) is 225 Å². The van der Waals surface area contributed by atoms with Gasteiger partial charge in [-0.1, -0.05) is 117 Å². The van der Waals surface area contributed by atoms with Crippen molar-refractivity contribution < 1.29 is 62.0 Å². The molecule has 0 radical (unpaired) electrons. The minimum Gasteiger partial charge on any atom is -0.463 e. The molecule has 6 aromatic carbocycles. The molecule has 17 nitrogen and oxygen atoms in total. The summed E-state index contributed by atoms with van der Waals surface area (Å²) in [6.45, 7) is 8.59. The highest BCUT2D eigenvalue weighted by molar-refractivity contribution is 6.98. The lowest BCUT2D eigenvalue weighted by atomic mass is 9.83. The number of nitrogens with one attached hydrogen (secondary N) is 3. The van der Waals surface area contributed by atoms with Crippen LogP contribution in [0.1, 0.15) is 74.5 Å². The number of nitrogens with zero attached hydrogens (tertiary/aromatic N) is 1. The van der Waals surface area contributed by atoms with Gasteiger partial charge >= 0.3 is 23.9 Å². The third-order valence-electron chi connectivity index (χ3n) is 14.8. The lowest BCUT2D eigenvalue weighted by molar-refractivity contribution is -0.288. The minimum atomic E-state index is -3.54. The van der Waals surface area contributed by atoms with E-state index < -0.39 is 74.5 Å². The zero-order valence-electron chi connectivity index (χ0n) is 44.4. The van der Waals surface area contributed by atoms with Crippen LogP contribution in [0.4, 0.5) is 11.4 Å². The molecule has 2 aliphatic rings. The lowest BCUT2D eigenvalue weighted by Crippen LogP contribution is -2.65. The van der Waals surface area contributed by atoms with E-state index in [1.807, 2.05) is 109 Å². The summed E-state index contributed by atoms with van der Waals surface area (Å²) in [5, 5.41) is 6.89. The smallest absolute Gasteiger partial charge is 0.303 e. The van der Waals surface area contributed by atoms with Crippen molar-refractivity contribution in [2.24, 2.45) is 5.92 Å². The van der Waals surface area contributed by atoms with Crippen molar-refractivity contribution in [2.75, 3.05) is 23.4 Å². The number of para-hydroxylation sites is 1. The summed E-state index contributed by atoms with van der Waals surface area (Å²) in [6.07, 6.45) is -6.28. The number of amides is 2. The molecule has 4 N–H and O–H groups in total. The van der Waals surface area contributed by atoms with Crippen LogP contribution < -0.4 is 25.3 Å². The number of carbonyl (C=O) groups excluding carboxylic acids is 6. The zero-order valence-corrected chi connectivity index (χ0v) is 45.4. The Morgan fingerprint density at radius 3 is 1.90 bits per heavy atom. The van der Waals surface area contributed by atoms with E-state index in [1.165, 1.54) is 6.92 Å². The maximum absolute atomic E-state index is 15.6. The molecule has 8 aromatic rings. The molecule has 10 rings (SSSR count). The molecule has 3 unspecified atom stereocenters. The second kappa shape index (κ2) is 22.0. The molecular weight excluding hydrogens is 1020 g/mol. The summed E-state index contributed by atoms with van der Waals surface area (Å²) in [5.74, 6) is -3.76. The molecule has 79 heavy (non-hydrogen) atoms. The summed E-state index contributed by atoms with van der Waals surface area (Å²) in [7, 11) is -3.54. The van der Waals surface area contributed by atoms with Crippen molar-refractivity contribution in [2.45, 2.75) is 90.1 Å². The highest BCUT2D eigenvalue weighted by Crippen LogP contribution is 2.48. The quantitative estimate of drug-likeness (QED) is 0.0432. The predicted molar refractivity (Wildman–Crippen MR) is 299 cm³/mol. The molecule has 1 fully saturated rings. The van der Waals surface area contributed by atoms with Crippen molar-refractivity contribution >= 4 is 98.3 Å². The molecule has 18 heteroatoms. The molecule has 2 aromatic heterocycles. The van der Waals surface area contributed by atoms with Crippen molar-refractivity contribution in [3.8, 4) is 5.75 Å². The van der Waals surface area contributed by atoms with Gasteiger partial charge in [0.05, 0.1) is 5.69 Å². The number of ether oxygens (including phenoxy) is 6. The molecule has 4 heterocycles. The number of fused-ring (bicyclic) bond motifs is 5. The van der Waals surface area contributed by atoms with Gasteiger partial charge in [0.2, 0.25) is 12.4 Å². The Morgan fingerprint density at radius 1 is 0.658 bits per heavy atom. The predicted octanol–water partition coefficient (Wildman–Crippen LogP) is 8.26. The van der Waals surface area contributed by atoms with Crippen molar-refractivity contribution in [1.29, 1.82) is 0 Å². The van der Waals surface area contributed by atoms with Crippen molar-refractivity contribution in [3.63, 3.8) is 0 Å². The Balaban J connectivity index is 1.06. The Bertz CT molecular complexity index is 3560. The van der Waals surface area contributed by atoms with Gasteiger partial charge in [-0.05, 0) is 81.5 Å². The second-order valence-electron chi connectivity index (χ2n) is 20.8. The first-order valence-electron chi connectivity index (χ1n) is 26.1. The van der Waals surface area contributed by atoms with E-state index in [9.17, 15) is 28.8 Å². The molecule has 2 amide bonds. The molecule has 6 atom stereocenters. The van der Waals surface area contributed by atoms with Gasteiger partial charge in [0.25, 0.3) is 20.1 Å². The van der Waals surface area contributed by atoms with Crippen LogP contribution in [0.5, 0.6) is 5.75 Å². The first-order valence-corrected chi connectivity index (χ1v) is 28.0. The molecule has 0 spiro atoms. The highest BCUT2D eigenvalue weighted by atomic mass is 28.4. The fourth-order valence-corrected chi connectivity index (χ4v) is 15.3. The van der Waals surface area contributed by atoms with E-state index >= 15 is 4.79 Å². The molecule has 1 saturated heterocycles. The molecular formula is C61H60N4O13Si. The van der Waals surface area contributed by atoms with E-state index in [0.717, 1.165) is 53.0 Å². The fourth-order valence-electron chi connectivity index (χ4n) is 11.4. The molecule has 406 valence electrons. The number of benzene rings is 6. The standard InChI is InChI=1S/C61H60N4O13Si/c1-35(66)73-34-54-55(74-36(2)67)56(75-37(3)68)57(76-38(4)69)60(78-54)77-53-31-52-47(45-22-14-15-23-46(45)53)27-39(32-61(5,6)79(72,43-18-9-7-10-19-43)44-20-11-8-12-21-44)33-65(52)59(71)51-30-41-28-42(25-26-49(41)64-51)62-58(70)50-29-40-17-13-16-24-48(40)63-50/h7-26,28-31,39,54-57,60,63-64,72H,27,32-34H2,1-6H3,(H,62,70)/t39?,54?,55-,56-,57?,60+/m0/s1. The van der Waals surface area contributed by atoms with Gasteiger partial charge in [-0.25, -0.2) is 0 Å². The number of carbonyl (C=O) groups is 6. The summed E-state index contributed by atoms with van der Waals surface area (Å²) in [6, 6.07) is 45.3. The number of hydrogen-bond acceptors (Lipinski definition) is 13. The summed E-state index contributed by atoms with van der Waals surface area (Å²) in [5.41, 5.74) is 3.98. The number of aromatic amines is 2. The third-order valence-corrected chi connectivity index (χ3v) is 19.3. The summed E-state index contributed by atoms with van der Waals surface area (Å²) < 4.78 is 35.7. The van der Waals surface area contributed by atoms with Gasteiger partial charge in [0.15, 0.2) is 12.2 Å². The Labute approximate surface area is 456 Å². The van der Waals surface area contributed by atoms with E-state index in [4.69, 9.17) is 28.4 Å². The van der Waals surface area contributed by atoms with Gasteiger partial charge in [-0.2, -0.15) is 0 Å². The summed E-state index contributed by atoms with van der Waals surface area (Å²) in [4.78, 5) is 101. The van der Waals surface area contributed by atoms with Crippen molar-refractivity contribution in [1.82, 2.24) is 9.97 Å². The van der Waals surface area contributed by atoms with Gasteiger partial charge in [-0.3, -0.25) is 28.8 Å². The largest absolute Gasteiger partial charge is 0.463 e. The van der Waals surface area contributed by atoms with Crippen LogP contribution in [0.15, 0.2) is 146 Å². The van der Waals surface area contributed by atoms with Crippen LogP contribution in [0, 0.1) is 5.92 Å². The van der Waals surface area contributed by atoms with E-state index in [-0.39, 0.29) is 35.7 Å². The SMILES string of the molecule is CC(=O)OCC1O[C@@H](Oc2cc3c(c4ccccc24)CC(CC(C)(C)[Si](O)(c2ccccc2)c2ccccc2)CN3C(=O)c2cc3cc(NC(=O)c4cc5ccccc5[nH]4)ccc3[nH]2)C(OC(C)=O)[C@@H](OC(C)=O)[C@H]1OC(C)=O. The molecule has 0 saturated carbocycles. The number of esters is 4. The first-order chi connectivity index (χ1) is 37.9. The third kappa shape index (κ3) is 11.0. The van der Waals surface area contributed by atoms with Crippen molar-refractivity contribution in [3.05, 3.63) is 163 Å². The maximum atomic E-state index is 15.6. The van der Waals surface area contributed by atoms with E-state index in [1.54, 1.807) is 41.3 Å². The molecule has 0 bridgehead atoms. The second-order valence-corrected chi connectivity index (χ2v) is 24.8. The first kappa shape index (κ1) is 53.8. The molecule has 0 aliphatic carbocycles. The van der Waals surface area contributed by atoms with Gasteiger partial charge in [-0.15, -0.1) is 0 Å². The number of anilines is 2. The normalized spacial score (nSPS) is 19.3. The van der Waals surface area contributed by atoms with Crippen LogP contribution in [0.25, 0.3) is 32.6 Å². The van der Waals surface area contributed by atoms with Crippen LogP contribution in [-0.2, 0) is 49.3 Å². The summed E-state index contributed by atoms with van der Waals surface area (Å²) >= 11 is 0. The number of aromatic nitrogens is 2. The lowest BCUT2D eigenvalue weighted by Gasteiger charge is -2.45. The van der Waals surface area contributed by atoms with E-state index in [0.29, 0.717) is 46.2 Å². The minimum absolute atomic E-state index is 0.189. The Kier molecular flexibility index (Phi) is 15.0. The van der Waals surface area contributed by atoms with Gasteiger partial charge < -0.3 is 53.4 Å². The Hall–Kier alpha value is -8.58. The average Bonchev–Trinajstić information content (AvgIpc) is 4.20. The van der Waals surface area contributed by atoms with Crippen LogP contribution in [-0.4, -0.2) is 103 Å². The van der Waals surface area contributed by atoms with Gasteiger partial charge in [0, 0.05) is 73.2 Å². The average molecular weight is 1090 g/mol. The zero-order chi connectivity index (χ0) is 55.8.